The number of hydrogen-bond donors (Lipinski definition) is 3. The summed E-state index contributed by atoms with van der Waals surface area (Å²) in [5, 5.41) is 14.8. The van der Waals surface area contributed by atoms with Gasteiger partial charge in [0.25, 0.3) is 5.91 Å². The van der Waals surface area contributed by atoms with E-state index in [0.717, 1.165) is 9.13 Å². The monoisotopic (exact) mass is 410 g/mol. The van der Waals surface area contributed by atoms with Gasteiger partial charge < -0.3 is 15.7 Å². The van der Waals surface area contributed by atoms with Gasteiger partial charge in [-0.2, -0.15) is 0 Å². The second-order valence-electron chi connectivity index (χ2n) is 4.73. The van der Waals surface area contributed by atoms with Gasteiger partial charge in [-0.1, -0.05) is 18.2 Å². The molecule has 0 spiro atoms. The van der Waals surface area contributed by atoms with Gasteiger partial charge in [0.15, 0.2) is 0 Å². The van der Waals surface area contributed by atoms with Crippen molar-refractivity contribution in [1.82, 2.24) is 5.32 Å². The average Bonchev–Trinajstić information content (AvgIpc) is 2.49. The number of halogens is 1. The number of aromatic hydroxyl groups is 1. The highest BCUT2D eigenvalue weighted by atomic mass is 127. The molecule has 2 aromatic carbocycles. The van der Waals surface area contributed by atoms with Crippen LogP contribution in [-0.4, -0.2) is 23.5 Å². The Balaban J connectivity index is 1.94. The molecule has 0 aliphatic heterocycles. The average molecular weight is 410 g/mol. The first-order valence-corrected chi connectivity index (χ1v) is 7.67. The molecule has 0 aromatic heterocycles. The van der Waals surface area contributed by atoms with Crippen molar-refractivity contribution >= 4 is 40.1 Å². The number of aryl methyl sites for hydroxylation is 1. The molecular weight excluding hydrogens is 395 g/mol. The smallest absolute Gasteiger partial charge is 0.252 e. The van der Waals surface area contributed by atoms with Gasteiger partial charge in [-0.05, 0) is 59.3 Å². The largest absolute Gasteiger partial charge is 0.506 e. The highest BCUT2D eigenvalue weighted by Crippen LogP contribution is 2.23. The molecule has 0 aliphatic rings. The molecular formula is C16H15IN2O3. The maximum Gasteiger partial charge on any atom is 0.252 e. The van der Waals surface area contributed by atoms with Crippen molar-refractivity contribution in [2.24, 2.45) is 0 Å². The SMILES string of the molecule is Cc1ccc(O)c(NC(=O)CNC(=O)c2ccccc2I)c1. The van der Waals surface area contributed by atoms with Crippen LogP contribution in [0.15, 0.2) is 42.5 Å². The van der Waals surface area contributed by atoms with E-state index in [1.165, 1.54) is 6.07 Å². The number of anilines is 1. The van der Waals surface area contributed by atoms with Crippen LogP contribution in [0.25, 0.3) is 0 Å². The summed E-state index contributed by atoms with van der Waals surface area (Å²) in [6.07, 6.45) is 0. The van der Waals surface area contributed by atoms with Crippen LogP contribution in [0.3, 0.4) is 0 Å². The Hall–Kier alpha value is -2.09. The van der Waals surface area contributed by atoms with Gasteiger partial charge in [-0.15, -0.1) is 0 Å². The lowest BCUT2D eigenvalue weighted by atomic mass is 10.2. The number of amides is 2. The zero-order valence-electron chi connectivity index (χ0n) is 11.9. The summed E-state index contributed by atoms with van der Waals surface area (Å²) in [4.78, 5) is 23.9. The molecule has 0 saturated carbocycles. The summed E-state index contributed by atoms with van der Waals surface area (Å²) in [6, 6.07) is 12.0. The van der Waals surface area contributed by atoms with Gasteiger partial charge in [0.1, 0.15) is 5.75 Å². The minimum absolute atomic E-state index is 0.0112. The molecule has 0 unspecified atom stereocenters. The molecule has 2 aromatic rings. The topological polar surface area (TPSA) is 78.4 Å². The maximum absolute atomic E-state index is 12.0. The second kappa shape index (κ2) is 7.26. The molecule has 0 heterocycles. The van der Waals surface area contributed by atoms with Gasteiger partial charge >= 0.3 is 0 Å². The second-order valence-corrected chi connectivity index (χ2v) is 5.89. The Morgan fingerprint density at radius 3 is 2.64 bits per heavy atom. The summed E-state index contributed by atoms with van der Waals surface area (Å²) in [5.41, 5.74) is 1.76. The van der Waals surface area contributed by atoms with E-state index in [0.29, 0.717) is 11.3 Å². The van der Waals surface area contributed by atoms with E-state index in [4.69, 9.17) is 0 Å². The molecule has 114 valence electrons. The normalized spacial score (nSPS) is 10.1. The number of phenolic OH excluding ortho intramolecular Hbond substituents is 1. The van der Waals surface area contributed by atoms with E-state index in [9.17, 15) is 14.7 Å². The van der Waals surface area contributed by atoms with Crippen molar-refractivity contribution in [2.45, 2.75) is 6.92 Å². The summed E-state index contributed by atoms with van der Waals surface area (Å²) in [5.74, 6) is -0.725. The maximum atomic E-state index is 12.0. The Labute approximate surface area is 141 Å². The van der Waals surface area contributed by atoms with Crippen LogP contribution in [0.4, 0.5) is 5.69 Å². The number of carbonyl (C=O) groups excluding carboxylic acids is 2. The summed E-state index contributed by atoms with van der Waals surface area (Å²) in [6.45, 7) is 1.69. The van der Waals surface area contributed by atoms with Crippen LogP contribution in [0.5, 0.6) is 5.75 Å². The Kier molecular flexibility index (Phi) is 5.37. The van der Waals surface area contributed by atoms with Crippen molar-refractivity contribution in [3.05, 3.63) is 57.2 Å². The number of benzene rings is 2. The molecule has 2 rings (SSSR count). The van der Waals surface area contributed by atoms with Crippen LogP contribution in [0, 0.1) is 10.5 Å². The van der Waals surface area contributed by atoms with Crippen molar-refractivity contribution in [1.29, 1.82) is 0 Å². The van der Waals surface area contributed by atoms with E-state index >= 15 is 0 Å². The third-order valence-corrected chi connectivity index (χ3v) is 3.89. The standard InChI is InChI=1S/C16H15IN2O3/c1-10-6-7-14(20)13(8-10)19-15(21)9-18-16(22)11-4-2-3-5-12(11)17/h2-8,20H,9H2,1H3,(H,18,22)(H,19,21). The van der Waals surface area contributed by atoms with E-state index in [1.807, 2.05) is 19.1 Å². The van der Waals surface area contributed by atoms with E-state index in [2.05, 4.69) is 33.2 Å². The number of carbonyl (C=O) groups is 2. The van der Waals surface area contributed by atoms with Gasteiger partial charge in [-0.3, -0.25) is 9.59 Å². The lowest BCUT2D eigenvalue weighted by molar-refractivity contribution is -0.115. The molecule has 3 N–H and O–H groups in total. The van der Waals surface area contributed by atoms with E-state index in [1.54, 1.807) is 24.3 Å². The first-order chi connectivity index (χ1) is 10.5. The predicted molar refractivity (Wildman–Crippen MR) is 93.0 cm³/mol. The summed E-state index contributed by atoms with van der Waals surface area (Å²) >= 11 is 2.06. The third-order valence-electron chi connectivity index (χ3n) is 2.95. The van der Waals surface area contributed by atoms with Gasteiger partial charge in [0, 0.05) is 3.57 Å². The molecule has 0 atom stereocenters. The van der Waals surface area contributed by atoms with Crippen LogP contribution in [-0.2, 0) is 4.79 Å². The molecule has 0 fully saturated rings. The molecule has 0 aliphatic carbocycles. The Morgan fingerprint density at radius 2 is 1.91 bits per heavy atom. The number of nitrogens with one attached hydrogen (secondary N) is 2. The predicted octanol–water partition coefficient (Wildman–Crippen LogP) is 2.67. The minimum Gasteiger partial charge on any atom is -0.506 e. The molecule has 0 bridgehead atoms. The van der Waals surface area contributed by atoms with Gasteiger partial charge in [0.05, 0.1) is 17.8 Å². The van der Waals surface area contributed by atoms with Crippen LogP contribution < -0.4 is 10.6 Å². The number of rotatable bonds is 4. The van der Waals surface area contributed by atoms with Crippen LogP contribution in [0.1, 0.15) is 15.9 Å². The van der Waals surface area contributed by atoms with Crippen molar-refractivity contribution < 1.29 is 14.7 Å². The zero-order chi connectivity index (χ0) is 16.1. The molecule has 22 heavy (non-hydrogen) atoms. The lowest BCUT2D eigenvalue weighted by Crippen LogP contribution is -2.33. The lowest BCUT2D eigenvalue weighted by Gasteiger charge is -2.09. The fourth-order valence-corrected chi connectivity index (χ4v) is 2.48. The first kappa shape index (κ1) is 16.3. The van der Waals surface area contributed by atoms with Gasteiger partial charge in [-0.25, -0.2) is 0 Å². The number of hydrogen-bond acceptors (Lipinski definition) is 3. The van der Waals surface area contributed by atoms with Gasteiger partial charge in [0.2, 0.25) is 5.91 Å². The minimum atomic E-state index is -0.403. The molecule has 0 saturated heterocycles. The Bertz CT molecular complexity index is 716. The van der Waals surface area contributed by atoms with Crippen LogP contribution in [0.2, 0.25) is 0 Å². The Morgan fingerprint density at radius 1 is 1.18 bits per heavy atom. The van der Waals surface area contributed by atoms with E-state index < -0.39 is 5.91 Å². The molecule has 5 nitrogen and oxygen atoms in total. The molecule has 2 amide bonds. The summed E-state index contributed by atoms with van der Waals surface area (Å²) in [7, 11) is 0. The fourth-order valence-electron chi connectivity index (χ4n) is 1.85. The molecule has 0 radical (unpaired) electrons. The van der Waals surface area contributed by atoms with Crippen LogP contribution >= 0.6 is 22.6 Å². The van der Waals surface area contributed by atoms with Crippen molar-refractivity contribution in [3.8, 4) is 5.75 Å². The van der Waals surface area contributed by atoms with Crippen molar-refractivity contribution in [2.75, 3.05) is 11.9 Å². The zero-order valence-corrected chi connectivity index (χ0v) is 14.0. The molecule has 6 heteroatoms. The highest BCUT2D eigenvalue weighted by molar-refractivity contribution is 14.1. The van der Waals surface area contributed by atoms with Crippen molar-refractivity contribution in [3.63, 3.8) is 0 Å². The first-order valence-electron chi connectivity index (χ1n) is 6.59. The fraction of sp³-hybridized carbons (Fsp3) is 0.125. The highest BCUT2D eigenvalue weighted by Gasteiger charge is 2.11. The van der Waals surface area contributed by atoms with E-state index in [-0.39, 0.29) is 18.2 Å². The quantitative estimate of drug-likeness (QED) is 0.536. The third kappa shape index (κ3) is 4.20. The number of phenols is 1. The summed E-state index contributed by atoms with van der Waals surface area (Å²) < 4.78 is 0.814.